The monoisotopic (exact) mass is 280 g/mol. The van der Waals surface area contributed by atoms with Gasteiger partial charge >= 0.3 is 0 Å². The standard InChI is InChI=1S/C16H12N2O3/c1-10(11-6-8-12(19)9-7-11)17-18-15(20)13-4-2-3-5-14(13)16(18)21/h2-9,19H,1H3/b17-10+. The van der Waals surface area contributed by atoms with Crippen LogP contribution in [-0.2, 0) is 0 Å². The molecule has 0 spiro atoms. The first kappa shape index (κ1) is 13.1. The molecule has 5 nitrogen and oxygen atoms in total. The molecule has 21 heavy (non-hydrogen) atoms. The van der Waals surface area contributed by atoms with E-state index in [1.54, 1.807) is 43.3 Å². The summed E-state index contributed by atoms with van der Waals surface area (Å²) in [6, 6.07) is 13.0. The van der Waals surface area contributed by atoms with Crippen molar-refractivity contribution in [3.63, 3.8) is 0 Å². The molecule has 1 aliphatic heterocycles. The maximum Gasteiger partial charge on any atom is 0.282 e. The number of hydrazone groups is 1. The normalized spacial score (nSPS) is 14.5. The molecule has 0 aliphatic carbocycles. The minimum atomic E-state index is -0.422. The lowest BCUT2D eigenvalue weighted by Gasteiger charge is -2.09. The smallest absolute Gasteiger partial charge is 0.282 e. The summed E-state index contributed by atoms with van der Waals surface area (Å²) in [7, 11) is 0. The second kappa shape index (κ2) is 4.86. The summed E-state index contributed by atoms with van der Waals surface area (Å²) < 4.78 is 0. The summed E-state index contributed by atoms with van der Waals surface area (Å²) in [6.45, 7) is 1.70. The van der Waals surface area contributed by atoms with Gasteiger partial charge in [-0.15, -0.1) is 0 Å². The molecule has 2 aromatic carbocycles. The molecule has 0 unspecified atom stereocenters. The third kappa shape index (κ3) is 2.18. The second-order valence-corrected chi connectivity index (χ2v) is 4.70. The molecule has 0 saturated carbocycles. The topological polar surface area (TPSA) is 70.0 Å². The number of carbonyl (C=O) groups excluding carboxylic acids is 2. The number of phenolic OH excluding ortho intramolecular Hbond substituents is 1. The summed E-state index contributed by atoms with van der Waals surface area (Å²) in [5.41, 5.74) is 1.98. The summed E-state index contributed by atoms with van der Waals surface area (Å²) in [4.78, 5) is 24.4. The van der Waals surface area contributed by atoms with Crippen LogP contribution in [0.2, 0.25) is 0 Å². The van der Waals surface area contributed by atoms with E-state index in [0.29, 0.717) is 16.8 Å². The molecule has 1 N–H and O–H groups in total. The van der Waals surface area contributed by atoms with Gasteiger partial charge in [0.25, 0.3) is 11.8 Å². The number of carbonyl (C=O) groups is 2. The average Bonchev–Trinajstić information content (AvgIpc) is 2.73. The van der Waals surface area contributed by atoms with Gasteiger partial charge in [0.2, 0.25) is 0 Å². The molecule has 0 saturated heterocycles. The second-order valence-electron chi connectivity index (χ2n) is 4.70. The number of rotatable bonds is 2. The van der Waals surface area contributed by atoms with Gasteiger partial charge in [-0.3, -0.25) is 9.59 Å². The number of fused-ring (bicyclic) bond motifs is 1. The van der Waals surface area contributed by atoms with Crippen molar-refractivity contribution < 1.29 is 14.7 Å². The Bertz CT molecular complexity index is 728. The van der Waals surface area contributed by atoms with Crippen molar-refractivity contribution in [1.82, 2.24) is 5.01 Å². The summed E-state index contributed by atoms with van der Waals surface area (Å²) in [5.74, 6) is -0.699. The van der Waals surface area contributed by atoms with Crippen molar-refractivity contribution >= 4 is 17.5 Å². The van der Waals surface area contributed by atoms with Crippen LogP contribution in [0.1, 0.15) is 33.2 Å². The third-order valence-corrected chi connectivity index (χ3v) is 3.31. The van der Waals surface area contributed by atoms with E-state index in [4.69, 9.17) is 0 Å². The zero-order valence-electron chi connectivity index (χ0n) is 11.3. The van der Waals surface area contributed by atoms with E-state index in [1.807, 2.05) is 0 Å². The van der Waals surface area contributed by atoms with E-state index in [9.17, 15) is 14.7 Å². The summed E-state index contributed by atoms with van der Waals surface area (Å²) >= 11 is 0. The fraction of sp³-hybridized carbons (Fsp3) is 0.0625. The zero-order valence-corrected chi connectivity index (χ0v) is 11.3. The molecule has 5 heteroatoms. The van der Waals surface area contributed by atoms with E-state index in [1.165, 1.54) is 12.1 Å². The third-order valence-electron chi connectivity index (χ3n) is 3.31. The highest BCUT2D eigenvalue weighted by Gasteiger charge is 2.35. The highest BCUT2D eigenvalue weighted by Crippen LogP contribution is 2.23. The molecule has 104 valence electrons. The lowest BCUT2D eigenvalue weighted by Crippen LogP contribution is -2.25. The number of hydrogen-bond acceptors (Lipinski definition) is 4. The molecule has 1 heterocycles. The van der Waals surface area contributed by atoms with Gasteiger partial charge < -0.3 is 5.11 Å². The predicted octanol–water partition coefficient (Wildman–Crippen LogP) is 2.41. The number of aromatic hydroxyl groups is 1. The number of phenols is 1. The highest BCUT2D eigenvalue weighted by molar-refractivity contribution is 6.21. The fourth-order valence-corrected chi connectivity index (χ4v) is 2.18. The average molecular weight is 280 g/mol. The van der Waals surface area contributed by atoms with Crippen LogP contribution in [0.3, 0.4) is 0 Å². The molecule has 2 aromatic rings. The largest absolute Gasteiger partial charge is 0.508 e. The van der Waals surface area contributed by atoms with Gasteiger partial charge in [0, 0.05) is 0 Å². The SMILES string of the molecule is C/C(=N\N1C(=O)c2ccccc2C1=O)c1ccc(O)cc1. The number of benzene rings is 2. The number of imide groups is 1. The van der Waals surface area contributed by atoms with Crippen molar-refractivity contribution in [3.8, 4) is 5.75 Å². The first-order chi connectivity index (χ1) is 10.1. The Balaban J connectivity index is 1.96. The minimum Gasteiger partial charge on any atom is -0.508 e. The molecular formula is C16H12N2O3. The van der Waals surface area contributed by atoms with Gasteiger partial charge in [-0.1, -0.05) is 12.1 Å². The van der Waals surface area contributed by atoms with Crippen molar-refractivity contribution in [2.75, 3.05) is 0 Å². The van der Waals surface area contributed by atoms with Crippen molar-refractivity contribution in [3.05, 3.63) is 65.2 Å². The van der Waals surface area contributed by atoms with E-state index in [0.717, 1.165) is 10.6 Å². The number of nitrogens with zero attached hydrogens (tertiary/aromatic N) is 2. The van der Waals surface area contributed by atoms with Crippen molar-refractivity contribution in [2.45, 2.75) is 6.92 Å². The van der Waals surface area contributed by atoms with Crippen LogP contribution in [-0.4, -0.2) is 27.6 Å². The molecule has 3 rings (SSSR count). The lowest BCUT2D eigenvalue weighted by molar-refractivity contribution is 0.0659. The number of hydrogen-bond donors (Lipinski definition) is 1. The quantitative estimate of drug-likeness (QED) is 0.678. The Kier molecular flexibility index (Phi) is 3.02. The maximum atomic E-state index is 12.2. The van der Waals surface area contributed by atoms with Crippen molar-refractivity contribution in [1.29, 1.82) is 0 Å². The van der Waals surface area contributed by atoms with Gasteiger partial charge in [-0.2, -0.15) is 10.1 Å². The maximum absolute atomic E-state index is 12.2. The summed E-state index contributed by atoms with van der Waals surface area (Å²) in [5, 5.41) is 14.3. The first-order valence-corrected chi connectivity index (χ1v) is 6.40. The lowest BCUT2D eigenvalue weighted by atomic mass is 10.1. The molecule has 0 bridgehead atoms. The van der Waals surface area contributed by atoms with E-state index >= 15 is 0 Å². The van der Waals surface area contributed by atoms with Crippen LogP contribution in [0.25, 0.3) is 0 Å². The highest BCUT2D eigenvalue weighted by atomic mass is 16.3. The van der Waals surface area contributed by atoms with E-state index in [-0.39, 0.29) is 5.75 Å². The molecule has 0 aromatic heterocycles. The number of amides is 2. The molecule has 2 amide bonds. The molecule has 1 aliphatic rings. The Hall–Kier alpha value is -2.95. The fourth-order valence-electron chi connectivity index (χ4n) is 2.18. The van der Waals surface area contributed by atoms with Gasteiger partial charge in [-0.25, -0.2) is 0 Å². The van der Waals surface area contributed by atoms with E-state index < -0.39 is 11.8 Å². The molecule has 0 atom stereocenters. The van der Waals surface area contributed by atoms with Crippen LogP contribution >= 0.6 is 0 Å². The Labute approximate surface area is 121 Å². The molecule has 0 radical (unpaired) electrons. The Morgan fingerprint density at radius 2 is 1.48 bits per heavy atom. The van der Waals surface area contributed by atoms with Gasteiger partial charge in [0.15, 0.2) is 0 Å². The van der Waals surface area contributed by atoms with Gasteiger partial charge in [0.1, 0.15) is 5.75 Å². The van der Waals surface area contributed by atoms with Gasteiger partial charge in [-0.05, 0) is 48.9 Å². The van der Waals surface area contributed by atoms with Crippen LogP contribution in [0.4, 0.5) is 0 Å². The van der Waals surface area contributed by atoms with Crippen LogP contribution < -0.4 is 0 Å². The predicted molar refractivity (Wildman–Crippen MR) is 77.3 cm³/mol. The summed E-state index contributed by atoms with van der Waals surface area (Å²) in [6.07, 6.45) is 0. The van der Waals surface area contributed by atoms with Crippen LogP contribution in [0.15, 0.2) is 53.6 Å². The Morgan fingerprint density at radius 3 is 2.00 bits per heavy atom. The minimum absolute atomic E-state index is 0.146. The molecule has 0 fully saturated rings. The zero-order chi connectivity index (χ0) is 15.0. The Morgan fingerprint density at radius 1 is 0.952 bits per heavy atom. The van der Waals surface area contributed by atoms with E-state index in [2.05, 4.69) is 5.10 Å². The van der Waals surface area contributed by atoms with Crippen LogP contribution in [0, 0.1) is 0 Å². The molecular weight excluding hydrogens is 268 g/mol. The van der Waals surface area contributed by atoms with Crippen molar-refractivity contribution in [2.24, 2.45) is 5.10 Å². The van der Waals surface area contributed by atoms with Gasteiger partial charge in [0.05, 0.1) is 16.8 Å². The van der Waals surface area contributed by atoms with Crippen LogP contribution in [0.5, 0.6) is 5.75 Å². The first-order valence-electron chi connectivity index (χ1n) is 6.40.